The lowest BCUT2D eigenvalue weighted by Gasteiger charge is -2.40. The molecule has 3 N–H and O–H groups in total. The maximum absolute atomic E-state index is 12.4. The highest BCUT2D eigenvalue weighted by Gasteiger charge is 2.37. The van der Waals surface area contributed by atoms with Crippen LogP contribution in [0.4, 0.5) is 17.2 Å². The van der Waals surface area contributed by atoms with Crippen LogP contribution in [0.3, 0.4) is 0 Å². The Bertz CT molecular complexity index is 771. The Labute approximate surface area is 154 Å². The zero-order chi connectivity index (χ0) is 18.0. The first-order valence-electron chi connectivity index (χ1n) is 9.52. The van der Waals surface area contributed by atoms with E-state index in [1.54, 1.807) is 18.3 Å². The van der Waals surface area contributed by atoms with E-state index in [1.807, 2.05) is 24.3 Å². The molecule has 0 bridgehead atoms. The molecule has 1 saturated carbocycles. The lowest BCUT2D eigenvalue weighted by molar-refractivity contribution is 0.102. The molecule has 0 atom stereocenters. The first-order chi connectivity index (χ1) is 12.7. The third-order valence-corrected chi connectivity index (χ3v) is 6.03. The van der Waals surface area contributed by atoms with Crippen molar-refractivity contribution in [1.82, 2.24) is 4.98 Å². The second-order valence-electron chi connectivity index (χ2n) is 7.64. The summed E-state index contributed by atoms with van der Waals surface area (Å²) in [6.07, 6.45) is 9.78. The van der Waals surface area contributed by atoms with E-state index in [2.05, 4.69) is 15.2 Å². The number of pyridine rings is 1. The van der Waals surface area contributed by atoms with Gasteiger partial charge in [0.2, 0.25) is 0 Å². The maximum atomic E-state index is 12.4. The van der Waals surface area contributed by atoms with Crippen molar-refractivity contribution in [2.24, 2.45) is 5.41 Å². The third-order valence-electron chi connectivity index (χ3n) is 6.03. The highest BCUT2D eigenvalue weighted by atomic mass is 16.1. The zero-order valence-electron chi connectivity index (χ0n) is 15.1. The Morgan fingerprint density at radius 3 is 2.42 bits per heavy atom. The molecule has 1 saturated heterocycles. The second kappa shape index (κ2) is 6.98. The smallest absolute Gasteiger partial charge is 0.257 e. The molecule has 136 valence electrons. The van der Waals surface area contributed by atoms with Crippen LogP contribution in [0, 0.1) is 5.41 Å². The zero-order valence-corrected chi connectivity index (χ0v) is 15.1. The molecule has 2 aliphatic rings. The van der Waals surface area contributed by atoms with Gasteiger partial charge in [-0.1, -0.05) is 25.0 Å². The van der Waals surface area contributed by atoms with Crippen molar-refractivity contribution in [2.75, 3.05) is 29.0 Å². The van der Waals surface area contributed by atoms with E-state index in [1.165, 1.54) is 38.5 Å². The van der Waals surface area contributed by atoms with Gasteiger partial charge in [-0.3, -0.25) is 4.79 Å². The van der Waals surface area contributed by atoms with Crippen molar-refractivity contribution >= 4 is 23.1 Å². The molecule has 0 unspecified atom stereocenters. The Morgan fingerprint density at radius 2 is 1.77 bits per heavy atom. The number of piperidine rings is 1. The molecule has 1 aromatic carbocycles. The number of anilines is 3. The van der Waals surface area contributed by atoms with Gasteiger partial charge in [0, 0.05) is 19.3 Å². The average Bonchev–Trinajstić information content (AvgIpc) is 3.12. The van der Waals surface area contributed by atoms with Crippen LogP contribution in [0.25, 0.3) is 0 Å². The summed E-state index contributed by atoms with van der Waals surface area (Å²) in [5.41, 5.74) is 8.21. The van der Waals surface area contributed by atoms with Gasteiger partial charge in [-0.2, -0.15) is 0 Å². The summed E-state index contributed by atoms with van der Waals surface area (Å²) < 4.78 is 0. The second-order valence-corrected chi connectivity index (χ2v) is 7.64. The van der Waals surface area contributed by atoms with Crippen molar-refractivity contribution in [1.29, 1.82) is 0 Å². The van der Waals surface area contributed by atoms with Crippen LogP contribution in [-0.4, -0.2) is 24.0 Å². The summed E-state index contributed by atoms with van der Waals surface area (Å²) in [5.74, 6) is 0.777. The number of nitrogen functional groups attached to an aromatic ring is 1. The standard InChI is InChI=1S/C21H26N4O/c22-17-5-1-2-6-18(17)24-20(26)16-7-8-19(23-15-16)25-13-11-21(12-14-25)9-3-4-10-21/h1-2,5-8,15H,3-4,9-14,22H2,(H,24,26). The number of hydrogen-bond donors (Lipinski definition) is 2. The van der Waals surface area contributed by atoms with E-state index < -0.39 is 0 Å². The number of amides is 1. The summed E-state index contributed by atoms with van der Waals surface area (Å²) in [6, 6.07) is 11.1. The first-order valence-corrected chi connectivity index (χ1v) is 9.52. The minimum Gasteiger partial charge on any atom is -0.397 e. The number of carbonyl (C=O) groups is 1. The quantitative estimate of drug-likeness (QED) is 0.818. The molecular weight excluding hydrogens is 324 g/mol. The van der Waals surface area contributed by atoms with E-state index in [0.717, 1.165) is 18.9 Å². The van der Waals surface area contributed by atoms with Crippen molar-refractivity contribution in [3.63, 3.8) is 0 Å². The van der Waals surface area contributed by atoms with Crippen LogP contribution < -0.4 is 16.0 Å². The van der Waals surface area contributed by atoms with Crippen LogP contribution in [0.15, 0.2) is 42.6 Å². The largest absolute Gasteiger partial charge is 0.397 e. The molecule has 1 amide bonds. The number of carbonyl (C=O) groups excluding carboxylic acids is 1. The van der Waals surface area contributed by atoms with Crippen LogP contribution in [0.2, 0.25) is 0 Å². The average molecular weight is 350 g/mol. The van der Waals surface area contributed by atoms with Gasteiger partial charge < -0.3 is 16.0 Å². The number of rotatable bonds is 3. The lowest BCUT2D eigenvalue weighted by Crippen LogP contribution is -2.39. The van der Waals surface area contributed by atoms with E-state index in [9.17, 15) is 4.79 Å². The Kier molecular flexibility index (Phi) is 4.53. The molecule has 0 radical (unpaired) electrons. The fourth-order valence-electron chi connectivity index (χ4n) is 4.35. The molecule has 2 fully saturated rings. The van der Waals surface area contributed by atoms with E-state index in [4.69, 9.17) is 5.73 Å². The fourth-order valence-corrected chi connectivity index (χ4v) is 4.35. The lowest BCUT2D eigenvalue weighted by atomic mass is 9.77. The predicted molar refractivity (Wildman–Crippen MR) is 105 cm³/mol. The SMILES string of the molecule is Nc1ccccc1NC(=O)c1ccc(N2CCC3(CCCC3)CC2)nc1. The highest BCUT2D eigenvalue weighted by molar-refractivity contribution is 6.05. The number of nitrogens with one attached hydrogen (secondary N) is 1. The van der Waals surface area contributed by atoms with Gasteiger partial charge in [-0.25, -0.2) is 4.98 Å². The molecule has 26 heavy (non-hydrogen) atoms. The highest BCUT2D eigenvalue weighted by Crippen LogP contribution is 2.46. The van der Waals surface area contributed by atoms with Crippen LogP contribution in [0.5, 0.6) is 0 Å². The molecule has 4 rings (SSSR count). The molecule has 1 aromatic heterocycles. The molecule has 1 aliphatic heterocycles. The van der Waals surface area contributed by atoms with E-state index in [-0.39, 0.29) is 5.91 Å². The van der Waals surface area contributed by atoms with Crippen molar-refractivity contribution in [2.45, 2.75) is 38.5 Å². The summed E-state index contributed by atoms with van der Waals surface area (Å²) >= 11 is 0. The minimum atomic E-state index is -0.189. The van der Waals surface area contributed by atoms with Crippen molar-refractivity contribution in [3.05, 3.63) is 48.2 Å². The summed E-state index contributed by atoms with van der Waals surface area (Å²) in [5, 5.41) is 2.84. The first kappa shape index (κ1) is 16.9. The summed E-state index contributed by atoms with van der Waals surface area (Å²) in [6.45, 7) is 2.14. The van der Waals surface area contributed by atoms with E-state index in [0.29, 0.717) is 22.4 Å². The molecule has 5 heteroatoms. The molecule has 2 aromatic rings. The number of aromatic nitrogens is 1. The number of benzene rings is 1. The van der Waals surface area contributed by atoms with Gasteiger partial charge in [0.15, 0.2) is 0 Å². The Balaban J connectivity index is 1.39. The number of hydrogen-bond acceptors (Lipinski definition) is 4. The van der Waals surface area contributed by atoms with Gasteiger partial charge >= 0.3 is 0 Å². The van der Waals surface area contributed by atoms with Crippen molar-refractivity contribution < 1.29 is 4.79 Å². The number of nitrogens with two attached hydrogens (primary N) is 1. The summed E-state index contributed by atoms with van der Waals surface area (Å²) in [4.78, 5) is 19.3. The number of para-hydroxylation sites is 2. The number of nitrogens with zero attached hydrogens (tertiary/aromatic N) is 2. The van der Waals surface area contributed by atoms with Crippen molar-refractivity contribution in [3.8, 4) is 0 Å². The van der Waals surface area contributed by atoms with Gasteiger partial charge in [-0.15, -0.1) is 0 Å². The molecule has 1 aliphatic carbocycles. The normalized spacial score (nSPS) is 18.8. The monoisotopic (exact) mass is 350 g/mol. The van der Waals surface area contributed by atoms with Gasteiger partial charge in [0.05, 0.1) is 16.9 Å². The fraction of sp³-hybridized carbons (Fsp3) is 0.429. The molecular formula is C21H26N4O. The van der Waals surface area contributed by atoms with E-state index >= 15 is 0 Å². The molecule has 1 spiro atoms. The third kappa shape index (κ3) is 3.39. The minimum absolute atomic E-state index is 0.189. The topological polar surface area (TPSA) is 71.2 Å². The molecule has 2 heterocycles. The van der Waals surface area contributed by atoms with Crippen LogP contribution in [0.1, 0.15) is 48.9 Å². The van der Waals surface area contributed by atoms with Crippen LogP contribution in [-0.2, 0) is 0 Å². The maximum Gasteiger partial charge on any atom is 0.257 e. The van der Waals surface area contributed by atoms with Gasteiger partial charge in [-0.05, 0) is 55.4 Å². The predicted octanol–water partition coefficient (Wildman–Crippen LogP) is 4.08. The van der Waals surface area contributed by atoms with Gasteiger partial charge in [0.1, 0.15) is 5.82 Å². The Morgan fingerprint density at radius 1 is 1.04 bits per heavy atom. The van der Waals surface area contributed by atoms with Crippen LogP contribution >= 0.6 is 0 Å². The summed E-state index contributed by atoms with van der Waals surface area (Å²) in [7, 11) is 0. The molecule has 5 nitrogen and oxygen atoms in total. The van der Waals surface area contributed by atoms with Gasteiger partial charge in [0.25, 0.3) is 5.91 Å². The Hall–Kier alpha value is -2.56.